The minimum absolute atomic E-state index is 0.142. The predicted octanol–water partition coefficient (Wildman–Crippen LogP) is 1.69. The van der Waals surface area contributed by atoms with Crippen molar-refractivity contribution in [2.75, 3.05) is 12.4 Å². The maximum absolute atomic E-state index is 13.2. The van der Waals surface area contributed by atoms with Crippen molar-refractivity contribution in [2.24, 2.45) is 0 Å². The molecule has 1 amide bonds. The first-order chi connectivity index (χ1) is 11.8. The summed E-state index contributed by atoms with van der Waals surface area (Å²) in [7, 11) is -2.59. The van der Waals surface area contributed by atoms with Gasteiger partial charge in [-0.15, -0.1) is 0 Å². The second kappa shape index (κ2) is 6.71. The molecular weight excluding hydrogens is 375 g/mol. The van der Waals surface area contributed by atoms with E-state index in [-0.39, 0.29) is 17.1 Å². The highest BCUT2D eigenvalue weighted by atomic mass is 35.5. The Balaban J connectivity index is 1.83. The molecule has 134 valence electrons. The zero-order valence-electron chi connectivity index (χ0n) is 12.9. The molecule has 1 fully saturated rings. The molecule has 1 saturated heterocycles. The minimum atomic E-state index is -3.88. The Kier molecular flexibility index (Phi) is 4.78. The summed E-state index contributed by atoms with van der Waals surface area (Å²) in [5, 5.41) is 6.12. The number of halogens is 2. The molecular formula is C14H14ClFN4O4S. The van der Waals surface area contributed by atoms with Gasteiger partial charge in [-0.1, -0.05) is 16.8 Å². The smallest absolute Gasteiger partial charge is 0.280 e. The van der Waals surface area contributed by atoms with Crippen molar-refractivity contribution in [1.82, 2.24) is 14.2 Å². The molecule has 2 aromatic rings. The average Bonchev–Trinajstić information content (AvgIpc) is 3.07. The van der Waals surface area contributed by atoms with E-state index >= 15 is 0 Å². The molecule has 3 rings (SSSR count). The lowest BCUT2D eigenvalue weighted by atomic mass is 10.0. The first-order valence-corrected chi connectivity index (χ1v) is 9.01. The zero-order valence-corrected chi connectivity index (χ0v) is 14.5. The van der Waals surface area contributed by atoms with Crippen molar-refractivity contribution >= 4 is 33.4 Å². The fraction of sp³-hybridized carbons (Fsp3) is 0.286. The minimum Gasteiger partial charge on any atom is -0.364 e. The number of likely N-dealkylation sites (N-methyl/N-ethyl adjacent to an activating group) is 1. The number of anilines is 1. The second-order valence-corrected chi connectivity index (χ2v) is 7.65. The maximum Gasteiger partial charge on any atom is 0.280 e. The van der Waals surface area contributed by atoms with Gasteiger partial charge in [0.05, 0.1) is 11.1 Å². The number of hydrogen-bond donors (Lipinski definition) is 2. The van der Waals surface area contributed by atoms with Gasteiger partial charge in [0.1, 0.15) is 23.8 Å². The van der Waals surface area contributed by atoms with E-state index in [9.17, 15) is 17.6 Å². The molecule has 25 heavy (non-hydrogen) atoms. The number of rotatable bonds is 3. The van der Waals surface area contributed by atoms with E-state index in [1.54, 1.807) is 0 Å². The molecule has 0 radical (unpaired) electrons. The summed E-state index contributed by atoms with van der Waals surface area (Å²) in [5.74, 6) is -1.18. The van der Waals surface area contributed by atoms with Crippen LogP contribution in [0, 0.1) is 5.82 Å². The van der Waals surface area contributed by atoms with Crippen LogP contribution in [0.4, 0.5) is 10.1 Å². The Morgan fingerprint density at radius 2 is 2.24 bits per heavy atom. The highest BCUT2D eigenvalue weighted by Gasteiger charge is 2.41. The van der Waals surface area contributed by atoms with E-state index in [0.29, 0.717) is 5.69 Å². The third-order valence-electron chi connectivity index (χ3n) is 3.87. The summed E-state index contributed by atoms with van der Waals surface area (Å²) in [6.07, 6.45) is 1.46. The summed E-state index contributed by atoms with van der Waals surface area (Å²) in [5.41, 5.74) is 0.637. The van der Waals surface area contributed by atoms with Crippen LogP contribution in [-0.4, -0.2) is 36.9 Å². The van der Waals surface area contributed by atoms with Crippen molar-refractivity contribution in [1.29, 1.82) is 0 Å². The Morgan fingerprint density at radius 3 is 2.88 bits per heavy atom. The van der Waals surface area contributed by atoms with Gasteiger partial charge in [-0.2, -0.15) is 17.4 Å². The van der Waals surface area contributed by atoms with Crippen LogP contribution in [0.1, 0.15) is 18.2 Å². The highest BCUT2D eigenvalue weighted by Crippen LogP contribution is 2.28. The SMILES string of the molecule is CN1[C@@H](C(=O)Nc2ccc(F)c(Cl)c2)C[C@@H](c2ccon2)NS1(=O)=O. The first kappa shape index (κ1) is 17.8. The van der Waals surface area contributed by atoms with Gasteiger partial charge in [-0.05, 0) is 24.6 Å². The fourth-order valence-electron chi connectivity index (χ4n) is 2.50. The van der Waals surface area contributed by atoms with E-state index in [1.165, 1.54) is 31.5 Å². The summed E-state index contributed by atoms with van der Waals surface area (Å²) in [6, 6.07) is 3.53. The molecule has 0 aliphatic carbocycles. The van der Waals surface area contributed by atoms with Crippen LogP contribution in [0.5, 0.6) is 0 Å². The monoisotopic (exact) mass is 388 g/mol. The molecule has 2 N–H and O–H groups in total. The quantitative estimate of drug-likeness (QED) is 0.832. The van der Waals surface area contributed by atoms with E-state index in [2.05, 4.69) is 15.2 Å². The topological polar surface area (TPSA) is 105 Å². The van der Waals surface area contributed by atoms with Crippen molar-refractivity contribution in [2.45, 2.75) is 18.5 Å². The van der Waals surface area contributed by atoms with Gasteiger partial charge in [0, 0.05) is 18.8 Å². The van der Waals surface area contributed by atoms with E-state index in [0.717, 1.165) is 10.4 Å². The van der Waals surface area contributed by atoms with Crippen LogP contribution < -0.4 is 10.0 Å². The van der Waals surface area contributed by atoms with Gasteiger partial charge in [0.25, 0.3) is 10.2 Å². The van der Waals surface area contributed by atoms with Crippen molar-refractivity contribution < 1.29 is 22.1 Å². The summed E-state index contributed by atoms with van der Waals surface area (Å²) in [6.45, 7) is 0. The molecule has 0 spiro atoms. The molecule has 2 heterocycles. The van der Waals surface area contributed by atoms with Crippen LogP contribution in [0.2, 0.25) is 5.02 Å². The van der Waals surface area contributed by atoms with Gasteiger partial charge in [-0.25, -0.2) is 4.39 Å². The molecule has 0 saturated carbocycles. The van der Waals surface area contributed by atoms with E-state index in [4.69, 9.17) is 16.1 Å². The van der Waals surface area contributed by atoms with Crippen LogP contribution in [0.3, 0.4) is 0 Å². The fourth-order valence-corrected chi connectivity index (χ4v) is 3.94. The Hall–Kier alpha value is -2.01. The molecule has 1 aromatic carbocycles. The molecule has 8 nitrogen and oxygen atoms in total. The molecule has 1 aliphatic heterocycles. The lowest BCUT2D eigenvalue weighted by molar-refractivity contribution is -0.120. The molecule has 2 atom stereocenters. The summed E-state index contributed by atoms with van der Waals surface area (Å²) >= 11 is 5.69. The van der Waals surface area contributed by atoms with Gasteiger partial charge < -0.3 is 9.84 Å². The number of nitrogens with one attached hydrogen (secondary N) is 2. The van der Waals surface area contributed by atoms with E-state index in [1.807, 2.05) is 0 Å². The Morgan fingerprint density at radius 1 is 1.48 bits per heavy atom. The number of benzene rings is 1. The van der Waals surface area contributed by atoms with Crippen LogP contribution in [-0.2, 0) is 15.0 Å². The molecule has 1 aromatic heterocycles. The molecule has 0 bridgehead atoms. The largest absolute Gasteiger partial charge is 0.364 e. The number of amides is 1. The summed E-state index contributed by atoms with van der Waals surface area (Å²) < 4.78 is 45.8. The highest BCUT2D eigenvalue weighted by molar-refractivity contribution is 7.87. The van der Waals surface area contributed by atoms with Crippen LogP contribution in [0.25, 0.3) is 0 Å². The number of hydrogen-bond acceptors (Lipinski definition) is 5. The lowest BCUT2D eigenvalue weighted by Gasteiger charge is -2.35. The van der Waals surface area contributed by atoms with Crippen LogP contribution >= 0.6 is 11.6 Å². The van der Waals surface area contributed by atoms with Gasteiger partial charge in [-0.3, -0.25) is 4.79 Å². The standard InChI is InChI=1S/C14H14ClFN4O4S/c1-20-13(14(21)17-8-2-3-10(16)9(15)6-8)7-12(19-25(20,22)23)11-4-5-24-18-11/h2-6,12-13,19H,7H2,1H3,(H,17,21)/t12-,13+/m0/s1. The average molecular weight is 389 g/mol. The van der Waals surface area contributed by atoms with Gasteiger partial charge in [0.15, 0.2) is 0 Å². The number of carbonyl (C=O) groups excluding carboxylic acids is 1. The van der Waals surface area contributed by atoms with Crippen molar-refractivity contribution in [3.63, 3.8) is 0 Å². The third-order valence-corrected chi connectivity index (χ3v) is 5.76. The predicted molar refractivity (Wildman–Crippen MR) is 87.5 cm³/mol. The number of nitrogens with zero attached hydrogens (tertiary/aromatic N) is 2. The van der Waals surface area contributed by atoms with E-state index < -0.39 is 34.0 Å². The lowest BCUT2D eigenvalue weighted by Crippen LogP contribution is -2.56. The van der Waals surface area contributed by atoms with Gasteiger partial charge in [0.2, 0.25) is 5.91 Å². The maximum atomic E-state index is 13.2. The Bertz CT molecular complexity index is 890. The van der Waals surface area contributed by atoms with Gasteiger partial charge >= 0.3 is 0 Å². The zero-order chi connectivity index (χ0) is 18.2. The molecule has 0 unspecified atom stereocenters. The second-order valence-electron chi connectivity index (χ2n) is 5.49. The third kappa shape index (κ3) is 3.66. The van der Waals surface area contributed by atoms with Crippen molar-refractivity contribution in [3.05, 3.63) is 47.1 Å². The van der Waals surface area contributed by atoms with Crippen molar-refractivity contribution in [3.8, 4) is 0 Å². The molecule has 1 aliphatic rings. The molecule has 11 heteroatoms. The normalized spacial score (nSPS) is 23.3. The first-order valence-electron chi connectivity index (χ1n) is 7.19. The summed E-state index contributed by atoms with van der Waals surface area (Å²) in [4.78, 5) is 12.6. The van der Waals surface area contributed by atoms with Crippen LogP contribution in [0.15, 0.2) is 35.1 Å². The number of aromatic nitrogens is 1. The number of carbonyl (C=O) groups is 1. The Labute approximate surface area is 148 Å².